The lowest BCUT2D eigenvalue weighted by Gasteiger charge is -2.35. The van der Waals surface area contributed by atoms with Gasteiger partial charge in [-0.3, -0.25) is 0 Å². The fourth-order valence-corrected chi connectivity index (χ4v) is 2.22. The van der Waals surface area contributed by atoms with E-state index in [0.29, 0.717) is 12.4 Å². The Morgan fingerprint density at radius 1 is 1.11 bits per heavy atom. The van der Waals surface area contributed by atoms with Gasteiger partial charge in [0, 0.05) is 0 Å². The highest BCUT2D eigenvalue weighted by Crippen LogP contribution is 2.18. The average molecular weight is 254 g/mol. The summed E-state index contributed by atoms with van der Waals surface area (Å²) in [4.78, 5) is 0. The lowest BCUT2D eigenvalue weighted by atomic mass is 10.2. The normalized spacial score (nSPS) is 11.6. The molecule has 0 atom stereocenters. The van der Waals surface area contributed by atoms with E-state index < -0.39 is 0 Å². The van der Waals surface area contributed by atoms with E-state index in [4.69, 9.17) is 4.74 Å². The maximum Gasteiger partial charge on any atom is 0.165 e. The molecule has 0 N–H and O–H groups in total. The lowest BCUT2D eigenvalue weighted by molar-refractivity contribution is -0.923. The van der Waals surface area contributed by atoms with E-state index in [-0.39, 0.29) is 5.82 Å². The summed E-state index contributed by atoms with van der Waals surface area (Å²) in [7, 11) is 0. The van der Waals surface area contributed by atoms with Gasteiger partial charge in [0.2, 0.25) is 0 Å². The SMILES string of the molecule is CC[N+](CC)(CC)CCOc1ccc(C)cc1F. The van der Waals surface area contributed by atoms with Crippen molar-refractivity contribution in [3.8, 4) is 5.75 Å². The number of rotatable bonds is 7. The molecule has 3 heteroatoms. The van der Waals surface area contributed by atoms with Crippen LogP contribution in [0.5, 0.6) is 5.75 Å². The summed E-state index contributed by atoms with van der Waals surface area (Å²) in [5.74, 6) is 0.0969. The Bertz CT molecular complexity index is 366. The molecule has 0 unspecified atom stereocenters. The topological polar surface area (TPSA) is 9.23 Å². The van der Waals surface area contributed by atoms with Crippen molar-refractivity contribution in [2.75, 3.05) is 32.8 Å². The summed E-state index contributed by atoms with van der Waals surface area (Å²) in [6.45, 7) is 13.2. The minimum atomic E-state index is -0.266. The van der Waals surface area contributed by atoms with Gasteiger partial charge in [-0.1, -0.05) is 6.07 Å². The Kier molecular flexibility index (Phi) is 5.60. The van der Waals surface area contributed by atoms with Gasteiger partial charge in [-0.25, -0.2) is 4.39 Å². The second kappa shape index (κ2) is 6.74. The molecule has 102 valence electrons. The average Bonchev–Trinajstić information content (AvgIpc) is 2.38. The van der Waals surface area contributed by atoms with E-state index in [9.17, 15) is 4.39 Å². The molecular formula is C15H25FNO+. The summed E-state index contributed by atoms with van der Waals surface area (Å²) in [6, 6.07) is 5.10. The quantitative estimate of drug-likeness (QED) is 0.678. The number of hydrogen-bond donors (Lipinski definition) is 0. The molecule has 2 nitrogen and oxygen atoms in total. The Morgan fingerprint density at radius 3 is 2.22 bits per heavy atom. The van der Waals surface area contributed by atoms with Crippen LogP contribution in [-0.2, 0) is 0 Å². The van der Waals surface area contributed by atoms with Crippen molar-refractivity contribution in [3.63, 3.8) is 0 Å². The predicted molar refractivity (Wildman–Crippen MR) is 73.4 cm³/mol. The van der Waals surface area contributed by atoms with Crippen molar-refractivity contribution in [1.29, 1.82) is 0 Å². The van der Waals surface area contributed by atoms with E-state index in [0.717, 1.165) is 36.2 Å². The van der Waals surface area contributed by atoms with Crippen LogP contribution in [-0.4, -0.2) is 37.3 Å². The summed E-state index contributed by atoms with van der Waals surface area (Å²) >= 11 is 0. The molecule has 0 bridgehead atoms. The fourth-order valence-electron chi connectivity index (χ4n) is 2.22. The number of halogens is 1. The minimum Gasteiger partial charge on any atom is -0.485 e. The molecule has 0 amide bonds. The number of ether oxygens (including phenoxy) is 1. The molecule has 1 aromatic carbocycles. The van der Waals surface area contributed by atoms with Gasteiger partial charge in [0.15, 0.2) is 11.6 Å². The van der Waals surface area contributed by atoms with Crippen LogP contribution in [0, 0.1) is 12.7 Å². The van der Waals surface area contributed by atoms with Crippen LogP contribution >= 0.6 is 0 Å². The van der Waals surface area contributed by atoms with Crippen molar-refractivity contribution >= 4 is 0 Å². The van der Waals surface area contributed by atoms with E-state index in [2.05, 4.69) is 20.8 Å². The second-order valence-electron chi connectivity index (χ2n) is 4.80. The van der Waals surface area contributed by atoms with Gasteiger partial charge in [-0.2, -0.15) is 0 Å². The van der Waals surface area contributed by atoms with Crippen molar-refractivity contribution in [3.05, 3.63) is 29.6 Å². The monoisotopic (exact) mass is 254 g/mol. The Labute approximate surface area is 110 Å². The van der Waals surface area contributed by atoms with Crippen LogP contribution in [0.2, 0.25) is 0 Å². The zero-order chi connectivity index (χ0) is 13.6. The smallest absolute Gasteiger partial charge is 0.165 e. The standard InChI is InChI=1S/C15H25FNO/c1-5-17(6-2,7-3)10-11-18-15-9-8-13(4)12-14(15)16/h8-9,12H,5-7,10-11H2,1-4H3/q+1. The van der Waals surface area contributed by atoms with Crippen molar-refractivity contribution in [2.45, 2.75) is 27.7 Å². The second-order valence-corrected chi connectivity index (χ2v) is 4.80. The predicted octanol–water partition coefficient (Wildman–Crippen LogP) is 3.39. The summed E-state index contributed by atoms with van der Waals surface area (Å²) in [6.07, 6.45) is 0. The molecule has 1 rings (SSSR count). The number of aryl methyl sites for hydroxylation is 1. The number of hydrogen-bond acceptors (Lipinski definition) is 1. The molecular weight excluding hydrogens is 229 g/mol. The molecule has 0 aromatic heterocycles. The highest BCUT2D eigenvalue weighted by molar-refractivity contribution is 5.28. The van der Waals surface area contributed by atoms with Crippen molar-refractivity contribution in [2.24, 2.45) is 0 Å². The van der Waals surface area contributed by atoms with Gasteiger partial charge in [0.05, 0.1) is 19.6 Å². The van der Waals surface area contributed by atoms with Crippen LogP contribution in [0.1, 0.15) is 26.3 Å². The third kappa shape index (κ3) is 3.70. The molecule has 0 aliphatic heterocycles. The van der Waals surface area contributed by atoms with Crippen LogP contribution in [0.25, 0.3) is 0 Å². The molecule has 1 aromatic rings. The molecule has 0 heterocycles. The number of quaternary nitrogens is 1. The van der Waals surface area contributed by atoms with Crippen LogP contribution < -0.4 is 4.74 Å². The van der Waals surface area contributed by atoms with Crippen molar-refractivity contribution in [1.82, 2.24) is 0 Å². The summed E-state index contributed by atoms with van der Waals surface area (Å²) in [5.41, 5.74) is 0.917. The first kappa shape index (κ1) is 15.0. The van der Waals surface area contributed by atoms with E-state index in [1.807, 2.05) is 13.0 Å². The van der Waals surface area contributed by atoms with Gasteiger partial charge in [-0.15, -0.1) is 0 Å². The molecule has 0 fully saturated rings. The zero-order valence-corrected chi connectivity index (χ0v) is 12.0. The molecule has 0 spiro atoms. The third-order valence-corrected chi connectivity index (χ3v) is 3.92. The first-order valence-electron chi connectivity index (χ1n) is 6.81. The largest absolute Gasteiger partial charge is 0.485 e. The van der Waals surface area contributed by atoms with Crippen LogP contribution in [0.3, 0.4) is 0 Å². The van der Waals surface area contributed by atoms with Gasteiger partial charge in [0.1, 0.15) is 13.2 Å². The Morgan fingerprint density at radius 2 is 1.72 bits per heavy atom. The van der Waals surface area contributed by atoms with Crippen LogP contribution in [0.15, 0.2) is 18.2 Å². The van der Waals surface area contributed by atoms with Gasteiger partial charge in [0.25, 0.3) is 0 Å². The molecule has 0 aliphatic carbocycles. The molecule has 0 saturated heterocycles. The highest BCUT2D eigenvalue weighted by atomic mass is 19.1. The summed E-state index contributed by atoms with van der Waals surface area (Å²) < 4.78 is 20.2. The van der Waals surface area contributed by atoms with Gasteiger partial charge < -0.3 is 9.22 Å². The van der Waals surface area contributed by atoms with E-state index >= 15 is 0 Å². The Balaban J connectivity index is 2.55. The van der Waals surface area contributed by atoms with E-state index in [1.165, 1.54) is 6.07 Å². The van der Waals surface area contributed by atoms with Crippen LogP contribution in [0.4, 0.5) is 4.39 Å². The zero-order valence-electron chi connectivity index (χ0n) is 12.0. The first-order valence-corrected chi connectivity index (χ1v) is 6.81. The summed E-state index contributed by atoms with van der Waals surface area (Å²) in [5, 5.41) is 0. The molecule has 0 radical (unpaired) electrons. The number of benzene rings is 1. The highest BCUT2D eigenvalue weighted by Gasteiger charge is 2.20. The van der Waals surface area contributed by atoms with E-state index in [1.54, 1.807) is 6.07 Å². The lowest BCUT2D eigenvalue weighted by Crippen LogP contribution is -2.49. The van der Waals surface area contributed by atoms with Gasteiger partial charge >= 0.3 is 0 Å². The number of nitrogens with zero attached hydrogens (tertiary/aromatic N) is 1. The molecule has 0 saturated carbocycles. The minimum absolute atomic E-state index is 0.266. The van der Waals surface area contributed by atoms with Crippen molar-refractivity contribution < 1.29 is 13.6 Å². The number of likely N-dealkylation sites (N-methyl/N-ethyl adjacent to an activating group) is 1. The maximum atomic E-state index is 13.6. The van der Waals surface area contributed by atoms with Gasteiger partial charge in [-0.05, 0) is 45.4 Å². The fraction of sp³-hybridized carbons (Fsp3) is 0.600. The third-order valence-electron chi connectivity index (χ3n) is 3.92. The Hall–Kier alpha value is -1.09. The molecule has 0 aliphatic rings. The first-order chi connectivity index (χ1) is 8.56. The molecule has 18 heavy (non-hydrogen) atoms. The maximum absolute atomic E-state index is 13.6.